The van der Waals surface area contributed by atoms with Gasteiger partial charge in [0.1, 0.15) is 12.4 Å². The SMILES string of the molecule is O[C@H](CNCc1c(OCc2ccc(Cl)c(Cl)c2)ccc2ccccc12)c1ccccc1. The molecule has 4 aromatic rings. The number of halogens is 2. The number of aliphatic hydroxyl groups is 1. The molecule has 0 aliphatic heterocycles. The zero-order valence-corrected chi connectivity index (χ0v) is 18.4. The largest absolute Gasteiger partial charge is 0.489 e. The van der Waals surface area contributed by atoms with E-state index in [1.54, 1.807) is 6.07 Å². The normalized spacial score (nSPS) is 12.1. The molecule has 3 nitrogen and oxygen atoms in total. The van der Waals surface area contributed by atoms with Gasteiger partial charge in [0.15, 0.2) is 0 Å². The Morgan fingerprint density at radius 2 is 1.61 bits per heavy atom. The highest BCUT2D eigenvalue weighted by Gasteiger charge is 2.12. The average molecular weight is 452 g/mol. The molecule has 4 aromatic carbocycles. The summed E-state index contributed by atoms with van der Waals surface area (Å²) in [5, 5.41) is 17.1. The summed E-state index contributed by atoms with van der Waals surface area (Å²) >= 11 is 12.1. The monoisotopic (exact) mass is 451 g/mol. The maximum absolute atomic E-state index is 10.5. The number of ether oxygens (including phenoxy) is 1. The van der Waals surface area contributed by atoms with Crippen LogP contribution in [-0.4, -0.2) is 11.7 Å². The molecule has 0 saturated heterocycles. The van der Waals surface area contributed by atoms with Crippen LogP contribution in [0.4, 0.5) is 0 Å². The molecule has 0 aliphatic rings. The highest BCUT2D eigenvalue weighted by molar-refractivity contribution is 6.42. The van der Waals surface area contributed by atoms with Crippen molar-refractivity contribution in [1.29, 1.82) is 0 Å². The van der Waals surface area contributed by atoms with Crippen LogP contribution in [0.2, 0.25) is 10.0 Å². The standard InChI is InChI=1S/C26H23Cl2NO2/c27-23-12-10-18(14-24(23)28)17-31-26-13-11-19-6-4-5-9-21(19)22(26)15-29-16-25(30)20-7-2-1-3-8-20/h1-14,25,29-30H,15-17H2/t25-/m1/s1. The minimum Gasteiger partial charge on any atom is -0.489 e. The van der Waals surface area contributed by atoms with Gasteiger partial charge >= 0.3 is 0 Å². The predicted octanol–water partition coefficient (Wildman–Crippen LogP) is 6.55. The number of hydrogen-bond donors (Lipinski definition) is 2. The molecule has 0 fully saturated rings. The maximum Gasteiger partial charge on any atom is 0.124 e. The van der Waals surface area contributed by atoms with Crippen LogP contribution in [0.25, 0.3) is 10.8 Å². The van der Waals surface area contributed by atoms with Gasteiger partial charge < -0.3 is 15.2 Å². The fraction of sp³-hybridized carbons (Fsp3) is 0.154. The molecule has 0 amide bonds. The average Bonchev–Trinajstić information content (AvgIpc) is 2.81. The van der Waals surface area contributed by atoms with Crippen molar-refractivity contribution >= 4 is 34.0 Å². The van der Waals surface area contributed by atoms with Crippen LogP contribution in [-0.2, 0) is 13.2 Å². The van der Waals surface area contributed by atoms with Crippen molar-refractivity contribution in [3.05, 3.63) is 112 Å². The Morgan fingerprint density at radius 3 is 2.42 bits per heavy atom. The van der Waals surface area contributed by atoms with E-state index in [2.05, 4.69) is 23.5 Å². The first kappa shape index (κ1) is 21.7. The predicted molar refractivity (Wildman–Crippen MR) is 128 cm³/mol. The lowest BCUT2D eigenvalue weighted by Gasteiger charge is -2.17. The molecular formula is C26H23Cl2NO2. The van der Waals surface area contributed by atoms with Crippen LogP contribution < -0.4 is 10.1 Å². The molecule has 1 atom stereocenters. The van der Waals surface area contributed by atoms with Crippen molar-refractivity contribution in [1.82, 2.24) is 5.32 Å². The second-order valence-electron chi connectivity index (χ2n) is 7.36. The van der Waals surface area contributed by atoms with E-state index in [1.165, 1.54) is 0 Å². The van der Waals surface area contributed by atoms with Crippen LogP contribution in [0.1, 0.15) is 22.8 Å². The third kappa shape index (κ3) is 5.38. The Balaban J connectivity index is 1.51. The first-order valence-corrected chi connectivity index (χ1v) is 10.9. The van der Waals surface area contributed by atoms with Crippen LogP contribution in [0.3, 0.4) is 0 Å². The van der Waals surface area contributed by atoms with Gasteiger partial charge in [-0.05, 0) is 40.1 Å². The highest BCUT2D eigenvalue weighted by atomic mass is 35.5. The molecular weight excluding hydrogens is 429 g/mol. The number of benzene rings is 4. The minimum atomic E-state index is -0.572. The third-order valence-electron chi connectivity index (χ3n) is 5.20. The Hall–Kier alpha value is -2.56. The molecule has 0 saturated carbocycles. The fourth-order valence-corrected chi connectivity index (χ4v) is 3.87. The Kier molecular flexibility index (Phi) is 7.10. The van der Waals surface area contributed by atoms with E-state index < -0.39 is 6.10 Å². The maximum atomic E-state index is 10.5. The van der Waals surface area contributed by atoms with E-state index in [0.717, 1.165) is 33.2 Å². The quantitative estimate of drug-likeness (QED) is 0.319. The van der Waals surface area contributed by atoms with Gasteiger partial charge in [0.2, 0.25) is 0 Å². The van der Waals surface area contributed by atoms with E-state index >= 15 is 0 Å². The van der Waals surface area contributed by atoms with Crippen molar-refractivity contribution in [3.8, 4) is 5.75 Å². The van der Waals surface area contributed by atoms with Gasteiger partial charge in [0.25, 0.3) is 0 Å². The van der Waals surface area contributed by atoms with E-state index in [4.69, 9.17) is 27.9 Å². The minimum absolute atomic E-state index is 0.384. The van der Waals surface area contributed by atoms with Crippen molar-refractivity contribution in [2.45, 2.75) is 19.3 Å². The number of nitrogens with one attached hydrogen (secondary N) is 1. The highest BCUT2D eigenvalue weighted by Crippen LogP contribution is 2.30. The summed E-state index contributed by atoms with van der Waals surface area (Å²) in [5.74, 6) is 0.798. The molecule has 0 spiro atoms. The summed E-state index contributed by atoms with van der Waals surface area (Å²) in [7, 11) is 0. The number of hydrogen-bond acceptors (Lipinski definition) is 3. The first-order chi connectivity index (χ1) is 15.1. The number of rotatable bonds is 8. The molecule has 0 aromatic heterocycles. The van der Waals surface area contributed by atoms with Crippen LogP contribution >= 0.6 is 23.2 Å². The van der Waals surface area contributed by atoms with Gasteiger partial charge in [-0.25, -0.2) is 0 Å². The van der Waals surface area contributed by atoms with Crippen molar-refractivity contribution in [2.75, 3.05) is 6.54 Å². The van der Waals surface area contributed by atoms with Gasteiger partial charge in [0, 0.05) is 18.7 Å². The van der Waals surface area contributed by atoms with Crippen molar-refractivity contribution < 1.29 is 9.84 Å². The Morgan fingerprint density at radius 1 is 0.839 bits per heavy atom. The summed E-state index contributed by atoms with van der Waals surface area (Å²) in [6, 6.07) is 27.4. The molecule has 2 N–H and O–H groups in total. The zero-order valence-electron chi connectivity index (χ0n) is 16.9. The molecule has 0 radical (unpaired) electrons. The summed E-state index contributed by atoms with van der Waals surface area (Å²) in [4.78, 5) is 0. The summed E-state index contributed by atoms with van der Waals surface area (Å²) < 4.78 is 6.16. The van der Waals surface area contributed by atoms with E-state index in [0.29, 0.717) is 29.7 Å². The van der Waals surface area contributed by atoms with E-state index in [-0.39, 0.29) is 0 Å². The van der Waals surface area contributed by atoms with Gasteiger partial charge in [-0.3, -0.25) is 0 Å². The Labute approximate surface area is 192 Å². The third-order valence-corrected chi connectivity index (χ3v) is 5.94. The molecule has 5 heteroatoms. The lowest BCUT2D eigenvalue weighted by Crippen LogP contribution is -2.21. The smallest absolute Gasteiger partial charge is 0.124 e. The summed E-state index contributed by atoms with van der Waals surface area (Å²) in [5.41, 5.74) is 2.89. The molecule has 158 valence electrons. The fourth-order valence-electron chi connectivity index (χ4n) is 3.55. The van der Waals surface area contributed by atoms with E-state index in [1.807, 2.05) is 60.7 Å². The molecule has 0 aliphatic carbocycles. The lowest BCUT2D eigenvalue weighted by molar-refractivity contribution is 0.174. The summed E-state index contributed by atoms with van der Waals surface area (Å²) in [6.45, 7) is 1.40. The number of fused-ring (bicyclic) bond motifs is 1. The van der Waals surface area contributed by atoms with Gasteiger partial charge in [0.05, 0.1) is 16.1 Å². The first-order valence-electron chi connectivity index (χ1n) is 10.1. The van der Waals surface area contributed by atoms with Crippen molar-refractivity contribution in [3.63, 3.8) is 0 Å². The van der Waals surface area contributed by atoms with Crippen LogP contribution in [0.5, 0.6) is 5.75 Å². The Bertz CT molecular complexity index is 1160. The molecule has 0 unspecified atom stereocenters. The van der Waals surface area contributed by atoms with E-state index in [9.17, 15) is 5.11 Å². The van der Waals surface area contributed by atoms with Gasteiger partial charge in [-0.2, -0.15) is 0 Å². The molecule has 4 rings (SSSR count). The lowest BCUT2D eigenvalue weighted by atomic mass is 10.0. The van der Waals surface area contributed by atoms with Crippen LogP contribution in [0, 0.1) is 0 Å². The topological polar surface area (TPSA) is 41.5 Å². The second kappa shape index (κ2) is 10.2. The molecule has 0 bridgehead atoms. The second-order valence-corrected chi connectivity index (χ2v) is 8.17. The molecule has 0 heterocycles. The van der Waals surface area contributed by atoms with Gasteiger partial charge in [-0.1, -0.05) is 89.9 Å². The summed E-state index contributed by atoms with van der Waals surface area (Å²) in [6.07, 6.45) is -0.572. The zero-order chi connectivity index (χ0) is 21.6. The van der Waals surface area contributed by atoms with Crippen LogP contribution in [0.15, 0.2) is 84.9 Å². The van der Waals surface area contributed by atoms with Crippen molar-refractivity contribution in [2.24, 2.45) is 0 Å². The number of aliphatic hydroxyl groups excluding tert-OH is 1. The van der Waals surface area contributed by atoms with Gasteiger partial charge in [-0.15, -0.1) is 0 Å². The molecule has 31 heavy (non-hydrogen) atoms.